The van der Waals surface area contributed by atoms with E-state index in [1.165, 1.54) is 12.1 Å². The van der Waals surface area contributed by atoms with Crippen molar-refractivity contribution in [2.45, 2.75) is 31.9 Å². The Morgan fingerprint density at radius 2 is 1.79 bits per heavy atom. The van der Waals surface area contributed by atoms with Gasteiger partial charge in [-0.1, -0.05) is 17.3 Å². The van der Waals surface area contributed by atoms with E-state index in [2.05, 4.69) is 10.5 Å². The Morgan fingerprint density at radius 1 is 1.25 bits per heavy atom. The van der Waals surface area contributed by atoms with Crippen LogP contribution in [0.5, 0.6) is 0 Å². The van der Waals surface area contributed by atoms with E-state index < -0.39 is 12.1 Å². The highest BCUT2D eigenvalue weighted by molar-refractivity contribution is 6.00. The molecule has 0 spiro atoms. The van der Waals surface area contributed by atoms with E-state index in [9.17, 15) is 14.7 Å². The fourth-order valence-corrected chi connectivity index (χ4v) is 2.54. The zero-order valence-electron chi connectivity index (χ0n) is 13.4. The van der Waals surface area contributed by atoms with Crippen molar-refractivity contribution in [3.05, 3.63) is 35.4 Å². The van der Waals surface area contributed by atoms with E-state index in [4.69, 9.17) is 10.9 Å². The van der Waals surface area contributed by atoms with Gasteiger partial charge >= 0.3 is 0 Å². The van der Waals surface area contributed by atoms with Gasteiger partial charge in [0, 0.05) is 24.2 Å². The minimum absolute atomic E-state index is 0.0488. The molecule has 1 aliphatic heterocycles. The molecule has 2 amide bonds. The average Bonchev–Trinajstić information content (AvgIpc) is 2.61. The highest BCUT2D eigenvalue weighted by Crippen LogP contribution is 2.12. The number of nitrogens with zero attached hydrogens (tertiary/aromatic N) is 2. The third-order valence-corrected chi connectivity index (χ3v) is 4.02. The molecule has 1 fully saturated rings. The third-order valence-electron chi connectivity index (χ3n) is 4.02. The molecule has 0 saturated carbocycles. The van der Waals surface area contributed by atoms with Crippen molar-refractivity contribution in [1.29, 1.82) is 0 Å². The van der Waals surface area contributed by atoms with Gasteiger partial charge < -0.3 is 21.2 Å². The molecule has 0 aliphatic carbocycles. The molecule has 1 aliphatic rings. The molecule has 1 radical (unpaired) electrons. The summed E-state index contributed by atoms with van der Waals surface area (Å²) in [6.45, 7) is 2.48. The van der Waals surface area contributed by atoms with Crippen LogP contribution in [0.3, 0.4) is 0 Å². The normalized spacial score (nSPS) is 17.4. The second-order valence-electron chi connectivity index (χ2n) is 5.78. The van der Waals surface area contributed by atoms with E-state index in [0.717, 1.165) is 0 Å². The summed E-state index contributed by atoms with van der Waals surface area (Å²) in [5, 5.41) is 25.4. The Bertz CT molecular complexity index is 621. The summed E-state index contributed by atoms with van der Waals surface area (Å²) in [5.74, 6) is -0.628. The molecule has 1 atom stereocenters. The Morgan fingerprint density at radius 3 is 2.33 bits per heavy atom. The molecule has 1 unspecified atom stereocenters. The molecule has 1 saturated heterocycles. The lowest BCUT2D eigenvalue weighted by Gasteiger charge is -2.31. The number of carbonyl (C=O) groups is 2. The Labute approximate surface area is 139 Å². The van der Waals surface area contributed by atoms with E-state index in [0.29, 0.717) is 37.1 Å². The molecule has 0 bridgehead atoms. The van der Waals surface area contributed by atoms with Crippen LogP contribution in [0.15, 0.2) is 29.4 Å². The van der Waals surface area contributed by atoms with Crippen molar-refractivity contribution in [3.63, 3.8) is 0 Å². The number of piperidine rings is 1. The maximum absolute atomic E-state index is 12.3. The smallest absolute Gasteiger partial charge is 0.251 e. The molecule has 24 heavy (non-hydrogen) atoms. The second kappa shape index (κ2) is 7.78. The summed E-state index contributed by atoms with van der Waals surface area (Å²) in [6, 6.07) is 5.49. The van der Waals surface area contributed by atoms with Gasteiger partial charge in [0.15, 0.2) is 5.84 Å². The molecule has 4 N–H and O–H groups in total. The quantitative estimate of drug-likeness (QED) is 0.317. The number of benzene rings is 1. The third kappa shape index (κ3) is 4.23. The minimum atomic E-state index is -0.676. The van der Waals surface area contributed by atoms with Crippen LogP contribution >= 0.6 is 0 Å². The predicted octanol–water partition coefficient (Wildman–Crippen LogP) is 0.321. The van der Waals surface area contributed by atoms with E-state index in [1.807, 2.05) is 0 Å². The lowest BCUT2D eigenvalue weighted by atomic mass is 10.1. The topological polar surface area (TPSA) is 128 Å². The molecule has 2 rings (SSSR count). The SMILES string of the molecule is CC(NC(=O)c1ccc(/C(N)=N\O)cc1)C(=O)N1CCC([O])CC1. The molecule has 129 valence electrons. The first-order valence-corrected chi connectivity index (χ1v) is 7.75. The lowest BCUT2D eigenvalue weighted by Crippen LogP contribution is -2.49. The van der Waals surface area contributed by atoms with Crippen LogP contribution in [0.25, 0.3) is 0 Å². The number of oxime groups is 1. The number of nitrogens with one attached hydrogen (secondary N) is 1. The molecule has 1 aromatic carbocycles. The Balaban J connectivity index is 1.94. The molecule has 0 aromatic heterocycles. The van der Waals surface area contributed by atoms with Gasteiger partial charge in [0.1, 0.15) is 6.04 Å². The van der Waals surface area contributed by atoms with Gasteiger partial charge in [0.2, 0.25) is 5.91 Å². The largest absolute Gasteiger partial charge is 0.409 e. The molecule has 1 heterocycles. The van der Waals surface area contributed by atoms with Crippen LogP contribution in [0.2, 0.25) is 0 Å². The summed E-state index contributed by atoms with van der Waals surface area (Å²) in [4.78, 5) is 26.1. The van der Waals surface area contributed by atoms with Crippen LogP contribution in [0, 0.1) is 0 Å². The van der Waals surface area contributed by atoms with Crippen LogP contribution in [-0.4, -0.2) is 53.0 Å². The Kier molecular flexibility index (Phi) is 5.75. The van der Waals surface area contributed by atoms with Crippen molar-refractivity contribution in [2.24, 2.45) is 10.9 Å². The second-order valence-corrected chi connectivity index (χ2v) is 5.78. The zero-order chi connectivity index (χ0) is 17.7. The highest BCUT2D eigenvalue weighted by atomic mass is 16.4. The van der Waals surface area contributed by atoms with E-state index >= 15 is 0 Å². The number of nitrogens with two attached hydrogens (primary N) is 1. The van der Waals surface area contributed by atoms with Crippen molar-refractivity contribution in [1.82, 2.24) is 10.2 Å². The number of carbonyl (C=O) groups excluding carboxylic acids is 2. The van der Waals surface area contributed by atoms with Crippen molar-refractivity contribution < 1.29 is 19.9 Å². The zero-order valence-corrected chi connectivity index (χ0v) is 13.4. The first kappa shape index (κ1) is 17.7. The van der Waals surface area contributed by atoms with Gasteiger partial charge in [-0.2, -0.15) is 0 Å². The first-order chi connectivity index (χ1) is 11.4. The monoisotopic (exact) mass is 333 g/mol. The molecular formula is C16H21N4O4. The number of amidine groups is 1. The molecule has 1 aromatic rings. The van der Waals surface area contributed by atoms with Crippen molar-refractivity contribution in [2.75, 3.05) is 13.1 Å². The van der Waals surface area contributed by atoms with Gasteiger partial charge in [-0.15, -0.1) is 0 Å². The molecular weight excluding hydrogens is 312 g/mol. The number of hydrogen-bond acceptors (Lipinski definition) is 4. The maximum atomic E-state index is 12.3. The number of amides is 2. The fourth-order valence-electron chi connectivity index (χ4n) is 2.54. The summed E-state index contributed by atoms with van der Waals surface area (Å²) in [7, 11) is 0. The number of likely N-dealkylation sites (tertiary alicyclic amines) is 1. The predicted molar refractivity (Wildman–Crippen MR) is 86.2 cm³/mol. The highest BCUT2D eigenvalue weighted by Gasteiger charge is 2.26. The fraction of sp³-hybridized carbons (Fsp3) is 0.438. The number of rotatable bonds is 4. The summed E-state index contributed by atoms with van der Waals surface area (Å²) in [5.41, 5.74) is 6.31. The van der Waals surface area contributed by atoms with Gasteiger partial charge in [-0.05, 0) is 31.9 Å². The van der Waals surface area contributed by atoms with Crippen LogP contribution < -0.4 is 11.1 Å². The standard InChI is InChI=1S/C16H21N4O4/c1-10(16(23)20-8-6-13(21)7-9-20)18-15(22)12-4-2-11(3-5-12)14(17)19-24/h2-5,10,13,24H,6-9H2,1H3,(H2,17,19)(H,18,22). The maximum Gasteiger partial charge on any atom is 0.251 e. The lowest BCUT2D eigenvalue weighted by molar-refractivity contribution is -0.135. The van der Waals surface area contributed by atoms with Crippen LogP contribution in [0.1, 0.15) is 35.7 Å². The number of hydrogen-bond donors (Lipinski definition) is 3. The van der Waals surface area contributed by atoms with Gasteiger partial charge in [-0.3, -0.25) is 9.59 Å². The summed E-state index contributed by atoms with van der Waals surface area (Å²) in [6.07, 6.45) is 0.288. The first-order valence-electron chi connectivity index (χ1n) is 7.75. The Hall–Kier alpha value is -2.61. The van der Waals surface area contributed by atoms with E-state index in [1.54, 1.807) is 24.0 Å². The molecule has 8 heteroatoms. The van der Waals surface area contributed by atoms with Gasteiger partial charge in [0.05, 0.1) is 6.10 Å². The van der Waals surface area contributed by atoms with Gasteiger partial charge in [0.25, 0.3) is 5.91 Å². The summed E-state index contributed by atoms with van der Waals surface area (Å²) >= 11 is 0. The molecule has 8 nitrogen and oxygen atoms in total. The van der Waals surface area contributed by atoms with Crippen molar-refractivity contribution in [3.8, 4) is 0 Å². The minimum Gasteiger partial charge on any atom is -0.409 e. The van der Waals surface area contributed by atoms with Crippen LogP contribution in [0.4, 0.5) is 0 Å². The van der Waals surface area contributed by atoms with Gasteiger partial charge in [-0.25, -0.2) is 5.11 Å². The summed E-state index contributed by atoms with van der Waals surface area (Å²) < 4.78 is 0. The van der Waals surface area contributed by atoms with Crippen molar-refractivity contribution >= 4 is 17.6 Å². The van der Waals surface area contributed by atoms with E-state index in [-0.39, 0.29) is 17.6 Å². The average molecular weight is 333 g/mol. The van der Waals surface area contributed by atoms with Crippen LogP contribution in [-0.2, 0) is 9.90 Å².